The zero-order valence-corrected chi connectivity index (χ0v) is 11.1. The molecule has 0 bridgehead atoms. The van der Waals surface area contributed by atoms with Crippen molar-refractivity contribution in [1.82, 2.24) is 0 Å². The average molecular weight is 272 g/mol. The van der Waals surface area contributed by atoms with E-state index in [-0.39, 0.29) is 11.8 Å². The van der Waals surface area contributed by atoms with E-state index in [1.54, 1.807) is 6.92 Å². The lowest BCUT2D eigenvalue weighted by molar-refractivity contribution is -0.140. The Morgan fingerprint density at radius 3 is 2.94 bits per heavy atom. The summed E-state index contributed by atoms with van der Waals surface area (Å²) < 4.78 is 17.7. The summed E-state index contributed by atoms with van der Waals surface area (Å²) in [6.45, 7) is 2.21. The monoisotopic (exact) mass is 271 g/mol. The van der Waals surface area contributed by atoms with Gasteiger partial charge in [0.05, 0.1) is 12.1 Å². The molecule has 0 unspecified atom stereocenters. The van der Waals surface area contributed by atoms with Gasteiger partial charge in [-0.15, -0.1) is 0 Å². The summed E-state index contributed by atoms with van der Waals surface area (Å²) in [6, 6.07) is 2.70. The van der Waals surface area contributed by atoms with Crippen LogP contribution in [0.15, 0.2) is 17.1 Å². The number of aryl methyl sites for hydroxylation is 1. The molecule has 0 spiro atoms. The minimum atomic E-state index is -0.340. The van der Waals surface area contributed by atoms with Gasteiger partial charge in [-0.05, 0) is 31.0 Å². The van der Waals surface area contributed by atoms with Gasteiger partial charge in [-0.2, -0.15) is 0 Å². The molecule has 18 heavy (non-hydrogen) atoms. The van der Waals surface area contributed by atoms with Gasteiger partial charge in [0.1, 0.15) is 5.82 Å². The number of rotatable bonds is 5. The zero-order chi connectivity index (χ0) is 13.5. The third-order valence-electron chi connectivity index (χ3n) is 2.37. The fourth-order valence-electron chi connectivity index (χ4n) is 1.43. The fourth-order valence-corrected chi connectivity index (χ4v) is 1.58. The number of esters is 1. The van der Waals surface area contributed by atoms with Gasteiger partial charge in [0.25, 0.3) is 0 Å². The maximum atomic E-state index is 13.2. The number of hydrogen-bond acceptors (Lipinski definition) is 3. The van der Waals surface area contributed by atoms with E-state index in [2.05, 4.69) is 9.73 Å². The Hall–Kier alpha value is -1.42. The molecular weight excluding hydrogens is 257 g/mol. The van der Waals surface area contributed by atoms with Crippen LogP contribution in [0.25, 0.3) is 0 Å². The molecule has 0 radical (unpaired) electrons. The van der Waals surface area contributed by atoms with Crippen molar-refractivity contribution in [1.29, 1.82) is 0 Å². The van der Waals surface area contributed by atoms with Crippen LogP contribution in [-0.2, 0) is 9.53 Å². The second-order valence-corrected chi connectivity index (χ2v) is 4.22. The van der Waals surface area contributed by atoms with Gasteiger partial charge in [-0.1, -0.05) is 11.6 Å². The van der Waals surface area contributed by atoms with Crippen molar-refractivity contribution in [3.8, 4) is 0 Å². The first kappa shape index (κ1) is 14.6. The topological polar surface area (TPSA) is 38.7 Å². The number of nitrogens with zero attached hydrogens (tertiary/aromatic N) is 1. The van der Waals surface area contributed by atoms with Gasteiger partial charge >= 0.3 is 5.97 Å². The van der Waals surface area contributed by atoms with Crippen molar-refractivity contribution in [3.05, 3.63) is 34.1 Å². The van der Waals surface area contributed by atoms with Gasteiger partial charge in [0.2, 0.25) is 0 Å². The third kappa shape index (κ3) is 4.45. The van der Waals surface area contributed by atoms with Crippen LogP contribution in [0.2, 0.25) is 5.02 Å². The summed E-state index contributed by atoms with van der Waals surface area (Å²) in [5.41, 5.74) is 1.22. The maximum absolute atomic E-state index is 13.2. The van der Waals surface area contributed by atoms with E-state index in [1.807, 2.05) is 0 Å². The lowest BCUT2D eigenvalue weighted by Crippen LogP contribution is -2.00. The number of hydrogen-bond donors (Lipinski definition) is 0. The van der Waals surface area contributed by atoms with Crippen molar-refractivity contribution in [2.75, 3.05) is 13.7 Å². The summed E-state index contributed by atoms with van der Waals surface area (Å²) in [6.07, 6.45) is 2.44. The van der Waals surface area contributed by atoms with Gasteiger partial charge in [0, 0.05) is 24.7 Å². The molecule has 0 aliphatic rings. The predicted molar refractivity (Wildman–Crippen MR) is 69.9 cm³/mol. The molecule has 0 aromatic heterocycles. The molecule has 0 saturated carbocycles. The van der Waals surface area contributed by atoms with E-state index in [1.165, 1.54) is 25.5 Å². The predicted octanol–water partition coefficient (Wildman–Crippen LogP) is 3.16. The standard InChI is InChI=1S/C13H15ClFNO2/c1-9-6-11(15)7-10(13(9)14)8-16-5-3-4-12(17)18-2/h6-8H,3-5H2,1-2H3. The van der Waals surface area contributed by atoms with E-state index in [0.29, 0.717) is 35.5 Å². The number of carbonyl (C=O) groups excluding carboxylic acids is 1. The maximum Gasteiger partial charge on any atom is 0.305 e. The summed E-state index contributed by atoms with van der Waals surface area (Å²) in [7, 11) is 1.35. The molecule has 0 heterocycles. The molecule has 3 nitrogen and oxygen atoms in total. The van der Waals surface area contributed by atoms with Gasteiger partial charge in [-0.3, -0.25) is 9.79 Å². The summed E-state index contributed by atoms with van der Waals surface area (Å²) in [4.78, 5) is 15.0. The average Bonchev–Trinajstić information content (AvgIpc) is 2.34. The summed E-state index contributed by atoms with van der Waals surface area (Å²) >= 11 is 6.02. The Labute approximate surface area is 111 Å². The van der Waals surface area contributed by atoms with Crippen LogP contribution in [0.4, 0.5) is 4.39 Å². The lowest BCUT2D eigenvalue weighted by atomic mass is 10.1. The highest BCUT2D eigenvalue weighted by Crippen LogP contribution is 2.20. The second kappa shape index (κ2) is 7.11. The summed E-state index contributed by atoms with van der Waals surface area (Å²) in [5, 5.41) is 0.494. The van der Waals surface area contributed by atoms with Crippen LogP contribution >= 0.6 is 11.6 Å². The van der Waals surface area contributed by atoms with Crippen molar-refractivity contribution in [3.63, 3.8) is 0 Å². The van der Waals surface area contributed by atoms with Crippen LogP contribution in [0.1, 0.15) is 24.0 Å². The molecule has 1 aromatic carbocycles. The normalized spacial score (nSPS) is 10.9. The highest BCUT2D eigenvalue weighted by atomic mass is 35.5. The Morgan fingerprint density at radius 2 is 2.28 bits per heavy atom. The minimum Gasteiger partial charge on any atom is -0.469 e. The molecule has 0 saturated heterocycles. The van der Waals surface area contributed by atoms with Crippen LogP contribution in [0, 0.1) is 12.7 Å². The van der Waals surface area contributed by atoms with E-state index >= 15 is 0 Å². The van der Waals surface area contributed by atoms with Crippen molar-refractivity contribution < 1.29 is 13.9 Å². The van der Waals surface area contributed by atoms with Crippen LogP contribution in [0.3, 0.4) is 0 Å². The van der Waals surface area contributed by atoms with Crippen LogP contribution in [0.5, 0.6) is 0 Å². The smallest absolute Gasteiger partial charge is 0.305 e. The van der Waals surface area contributed by atoms with E-state index in [0.717, 1.165) is 0 Å². The van der Waals surface area contributed by atoms with Crippen molar-refractivity contribution >= 4 is 23.8 Å². The number of ether oxygens (including phenoxy) is 1. The first-order valence-electron chi connectivity index (χ1n) is 5.57. The van der Waals surface area contributed by atoms with Crippen molar-refractivity contribution in [2.24, 2.45) is 4.99 Å². The SMILES string of the molecule is COC(=O)CCCN=Cc1cc(F)cc(C)c1Cl. The molecule has 0 atom stereocenters. The van der Waals surface area contributed by atoms with E-state index in [4.69, 9.17) is 11.6 Å². The van der Waals surface area contributed by atoms with Crippen LogP contribution < -0.4 is 0 Å². The van der Waals surface area contributed by atoms with Gasteiger partial charge < -0.3 is 4.74 Å². The van der Waals surface area contributed by atoms with E-state index in [9.17, 15) is 9.18 Å². The molecule has 1 aromatic rings. The number of aliphatic imine (C=N–C) groups is 1. The van der Waals surface area contributed by atoms with Gasteiger partial charge in [0.15, 0.2) is 0 Å². The molecule has 0 amide bonds. The molecule has 0 aliphatic heterocycles. The highest BCUT2D eigenvalue weighted by molar-refractivity contribution is 6.33. The lowest BCUT2D eigenvalue weighted by Gasteiger charge is -2.02. The number of carbonyl (C=O) groups is 1. The quantitative estimate of drug-likeness (QED) is 0.469. The zero-order valence-electron chi connectivity index (χ0n) is 10.4. The number of methoxy groups -OCH3 is 1. The molecular formula is C13H15ClFNO2. The molecule has 0 fully saturated rings. The first-order valence-corrected chi connectivity index (χ1v) is 5.94. The second-order valence-electron chi connectivity index (χ2n) is 3.84. The Bertz CT molecular complexity index is 461. The van der Waals surface area contributed by atoms with Crippen LogP contribution in [-0.4, -0.2) is 25.8 Å². The highest BCUT2D eigenvalue weighted by Gasteiger charge is 2.04. The molecule has 98 valence electrons. The molecule has 0 N–H and O–H groups in total. The minimum absolute atomic E-state index is 0.259. The number of halogens is 2. The molecule has 1 rings (SSSR count). The van der Waals surface area contributed by atoms with E-state index < -0.39 is 0 Å². The van der Waals surface area contributed by atoms with Crippen molar-refractivity contribution in [2.45, 2.75) is 19.8 Å². The fraction of sp³-hybridized carbons (Fsp3) is 0.385. The van der Waals surface area contributed by atoms with Gasteiger partial charge in [-0.25, -0.2) is 4.39 Å². The Balaban J connectivity index is 2.54. The largest absolute Gasteiger partial charge is 0.469 e. The third-order valence-corrected chi connectivity index (χ3v) is 2.89. The molecule has 0 aliphatic carbocycles. The Morgan fingerprint density at radius 1 is 1.56 bits per heavy atom. The Kier molecular flexibility index (Phi) is 5.78. The number of benzene rings is 1. The molecule has 5 heteroatoms. The first-order chi connectivity index (χ1) is 8.54. The summed E-state index contributed by atoms with van der Waals surface area (Å²) in [5.74, 6) is -0.599.